The monoisotopic (exact) mass is 518 g/mol. The number of nitrogens with zero attached hydrogens (tertiary/aromatic N) is 4. The van der Waals surface area contributed by atoms with Crippen LogP contribution >= 0.6 is 0 Å². The molecule has 198 valence electrons. The van der Waals surface area contributed by atoms with E-state index in [4.69, 9.17) is 19.2 Å². The van der Waals surface area contributed by atoms with Crippen LogP contribution in [0.3, 0.4) is 0 Å². The van der Waals surface area contributed by atoms with Gasteiger partial charge in [-0.15, -0.1) is 0 Å². The van der Waals surface area contributed by atoms with Crippen LogP contribution in [0.1, 0.15) is 41.7 Å². The summed E-state index contributed by atoms with van der Waals surface area (Å²) in [5.41, 5.74) is 4.56. The van der Waals surface area contributed by atoms with Crippen molar-refractivity contribution in [3.8, 4) is 22.9 Å². The molecule has 1 fully saturated rings. The average Bonchev–Trinajstić information content (AvgIpc) is 3.29. The summed E-state index contributed by atoms with van der Waals surface area (Å²) in [4.78, 5) is 35.3. The Hall–Kier alpha value is -3.47. The predicted molar refractivity (Wildman–Crippen MR) is 138 cm³/mol. The number of fused-ring (bicyclic) bond motifs is 6. The van der Waals surface area contributed by atoms with E-state index < -0.39 is 12.1 Å². The van der Waals surface area contributed by atoms with Gasteiger partial charge in [0.05, 0.1) is 29.0 Å². The highest BCUT2D eigenvalue weighted by Gasteiger charge is 2.35. The summed E-state index contributed by atoms with van der Waals surface area (Å²) in [5, 5.41) is 11.5. The summed E-state index contributed by atoms with van der Waals surface area (Å²) in [6.07, 6.45) is -0.612. The lowest BCUT2D eigenvalue weighted by Crippen LogP contribution is -2.44. The number of piperazine rings is 1. The third-order valence-electron chi connectivity index (χ3n) is 8.29. The maximum Gasteiger partial charge on any atom is 0.340 e. The van der Waals surface area contributed by atoms with Crippen molar-refractivity contribution in [2.75, 3.05) is 39.8 Å². The fourth-order valence-electron chi connectivity index (χ4n) is 5.93. The molecule has 7 rings (SSSR count). The molecular weight excluding hydrogens is 488 g/mol. The first kappa shape index (κ1) is 23.6. The molecule has 0 saturated carbocycles. The van der Waals surface area contributed by atoms with E-state index in [-0.39, 0.29) is 18.3 Å². The first-order valence-electron chi connectivity index (χ1n) is 13.2. The Morgan fingerprint density at radius 1 is 1.05 bits per heavy atom. The average molecular weight is 519 g/mol. The molecule has 1 N–H and O–H groups in total. The Bertz CT molecular complexity index is 1540. The smallest absolute Gasteiger partial charge is 0.340 e. The lowest BCUT2D eigenvalue weighted by molar-refractivity contribution is -0.157. The van der Waals surface area contributed by atoms with Crippen LogP contribution in [-0.2, 0) is 29.2 Å². The number of carbonyl (C=O) groups excluding carboxylic acids is 1. The molecule has 38 heavy (non-hydrogen) atoms. The Labute approximate surface area is 219 Å². The van der Waals surface area contributed by atoms with Gasteiger partial charge in [-0.2, -0.15) is 0 Å². The van der Waals surface area contributed by atoms with Crippen LogP contribution in [0.4, 0.5) is 0 Å². The maximum absolute atomic E-state index is 13.5. The molecule has 4 aliphatic rings. The summed E-state index contributed by atoms with van der Waals surface area (Å²) in [5.74, 6) is 0.648. The van der Waals surface area contributed by atoms with Crippen molar-refractivity contribution in [3.05, 3.63) is 50.8 Å². The number of aliphatic hydroxyl groups is 1. The minimum absolute atomic E-state index is 0.00827. The molecule has 1 saturated heterocycles. The van der Waals surface area contributed by atoms with Crippen LogP contribution in [0, 0.1) is 0 Å². The number of cyclic esters (lactones) is 1. The van der Waals surface area contributed by atoms with E-state index in [2.05, 4.69) is 23.8 Å². The van der Waals surface area contributed by atoms with Gasteiger partial charge in [-0.1, -0.05) is 6.92 Å². The zero-order valence-corrected chi connectivity index (χ0v) is 21.5. The number of likely N-dealkylation sites (N-methyl/N-ethyl adjacent to an activating group) is 1. The second kappa shape index (κ2) is 8.79. The molecule has 0 aliphatic carbocycles. The van der Waals surface area contributed by atoms with Crippen LogP contribution in [0.5, 0.6) is 11.5 Å². The Kier molecular flexibility index (Phi) is 5.47. The fraction of sp³-hybridized carbons (Fsp3) is 0.464. The minimum atomic E-state index is -1.48. The molecule has 1 unspecified atom stereocenters. The number of aliphatic hydroxyl groups excluding tert-OH is 1. The highest BCUT2D eigenvalue weighted by molar-refractivity contribution is 5.91. The normalized spacial score (nSPS) is 22.7. The molecule has 10 heteroatoms. The molecule has 0 amide bonds. The first-order chi connectivity index (χ1) is 18.4. The van der Waals surface area contributed by atoms with Crippen molar-refractivity contribution in [3.63, 3.8) is 0 Å². The predicted octanol–water partition coefficient (Wildman–Crippen LogP) is 1.81. The number of esters is 1. The number of pyridine rings is 2. The SMILES string of the molecule is CC[C@H]1COc2cc3nc4c(c(CN5CCN(C)CC5)c3cc2O1)Cn1c-4cc2c(c1=O)COC(=O)C2O. The Balaban J connectivity index is 1.41. The highest BCUT2D eigenvalue weighted by Crippen LogP contribution is 2.42. The van der Waals surface area contributed by atoms with Crippen LogP contribution < -0.4 is 15.0 Å². The number of carbonyl (C=O) groups is 1. The number of hydrogen-bond acceptors (Lipinski definition) is 9. The summed E-state index contributed by atoms with van der Waals surface area (Å²) in [6.45, 7) is 7.42. The zero-order valence-electron chi connectivity index (χ0n) is 21.5. The number of hydrogen-bond donors (Lipinski definition) is 1. The van der Waals surface area contributed by atoms with Gasteiger partial charge in [-0.25, -0.2) is 9.78 Å². The minimum Gasteiger partial charge on any atom is -0.486 e. The van der Waals surface area contributed by atoms with Gasteiger partial charge < -0.3 is 28.8 Å². The van der Waals surface area contributed by atoms with Crippen LogP contribution in [0.2, 0.25) is 0 Å². The summed E-state index contributed by atoms with van der Waals surface area (Å²) >= 11 is 0. The maximum atomic E-state index is 13.5. The van der Waals surface area contributed by atoms with Gasteiger partial charge in [0.25, 0.3) is 5.56 Å². The largest absolute Gasteiger partial charge is 0.486 e. The van der Waals surface area contributed by atoms with E-state index in [1.165, 1.54) is 0 Å². The molecule has 3 aromatic rings. The van der Waals surface area contributed by atoms with E-state index in [1.54, 1.807) is 10.6 Å². The molecule has 2 atom stereocenters. The molecule has 4 aliphatic heterocycles. The van der Waals surface area contributed by atoms with Crippen molar-refractivity contribution >= 4 is 16.9 Å². The fourth-order valence-corrected chi connectivity index (χ4v) is 5.93. The quantitative estimate of drug-likeness (QED) is 0.407. The van der Waals surface area contributed by atoms with Gasteiger partial charge in [0.2, 0.25) is 0 Å². The molecular formula is C28H30N4O6. The van der Waals surface area contributed by atoms with E-state index in [0.29, 0.717) is 41.4 Å². The van der Waals surface area contributed by atoms with Crippen molar-refractivity contribution in [2.45, 2.75) is 45.2 Å². The van der Waals surface area contributed by atoms with Gasteiger partial charge in [-0.05, 0) is 31.2 Å². The Morgan fingerprint density at radius 3 is 2.66 bits per heavy atom. The summed E-state index contributed by atoms with van der Waals surface area (Å²) < 4.78 is 19.0. The molecule has 0 spiro atoms. The van der Waals surface area contributed by atoms with E-state index in [9.17, 15) is 14.7 Å². The second-order valence-corrected chi connectivity index (χ2v) is 10.6. The third kappa shape index (κ3) is 3.62. The first-order valence-corrected chi connectivity index (χ1v) is 13.2. The van der Waals surface area contributed by atoms with Crippen LogP contribution in [0.25, 0.3) is 22.3 Å². The van der Waals surface area contributed by atoms with E-state index >= 15 is 0 Å². The summed E-state index contributed by atoms with van der Waals surface area (Å²) in [7, 11) is 2.14. The van der Waals surface area contributed by atoms with Gasteiger partial charge in [-0.3, -0.25) is 9.69 Å². The highest BCUT2D eigenvalue weighted by atomic mass is 16.6. The number of aromatic nitrogens is 2. The number of rotatable bonds is 3. The van der Waals surface area contributed by atoms with E-state index in [0.717, 1.165) is 66.9 Å². The molecule has 2 aromatic heterocycles. The molecule has 0 bridgehead atoms. The lowest BCUT2D eigenvalue weighted by Gasteiger charge is -2.33. The van der Waals surface area contributed by atoms with Gasteiger partial charge in [0.1, 0.15) is 19.3 Å². The second-order valence-electron chi connectivity index (χ2n) is 10.6. The van der Waals surface area contributed by atoms with Crippen molar-refractivity contribution in [1.82, 2.24) is 19.4 Å². The standard InChI is InChI=1S/C28H30N4O6/c1-3-15-13-36-23-10-21-16(9-24(23)38-15)18(11-31-6-4-30(2)5-7-31)19-12-32-22(25(19)29-21)8-17-20(27(32)34)14-37-28(35)26(17)33/h8-10,15,26,33H,3-7,11-14H2,1-2H3/t15-,26?/m0/s1. The summed E-state index contributed by atoms with van der Waals surface area (Å²) in [6, 6.07) is 5.70. The van der Waals surface area contributed by atoms with Gasteiger partial charge in [0, 0.05) is 55.3 Å². The van der Waals surface area contributed by atoms with E-state index in [1.807, 2.05) is 12.1 Å². The van der Waals surface area contributed by atoms with Crippen molar-refractivity contribution < 1.29 is 24.1 Å². The number of benzene rings is 1. The molecule has 1 aromatic carbocycles. The van der Waals surface area contributed by atoms with Gasteiger partial charge >= 0.3 is 5.97 Å². The Morgan fingerprint density at radius 2 is 1.87 bits per heavy atom. The lowest BCUT2D eigenvalue weighted by atomic mass is 9.97. The van der Waals surface area contributed by atoms with Gasteiger partial charge in [0.15, 0.2) is 17.6 Å². The van der Waals surface area contributed by atoms with Crippen LogP contribution in [0.15, 0.2) is 23.0 Å². The molecule has 10 nitrogen and oxygen atoms in total. The van der Waals surface area contributed by atoms with Crippen molar-refractivity contribution in [1.29, 1.82) is 0 Å². The molecule has 0 radical (unpaired) electrons. The molecule has 6 heterocycles. The van der Waals surface area contributed by atoms with Crippen LogP contribution in [-0.4, -0.2) is 76.4 Å². The zero-order chi connectivity index (χ0) is 26.1. The van der Waals surface area contributed by atoms with Crippen molar-refractivity contribution in [2.24, 2.45) is 0 Å². The third-order valence-corrected chi connectivity index (χ3v) is 8.29. The number of ether oxygens (including phenoxy) is 3. The topological polar surface area (TPSA) is 106 Å².